The van der Waals surface area contributed by atoms with Crippen molar-refractivity contribution < 1.29 is 14.7 Å². The van der Waals surface area contributed by atoms with Crippen LogP contribution in [-0.2, 0) is 9.59 Å². The molecule has 1 aromatic heterocycles. The Labute approximate surface area is 122 Å². The summed E-state index contributed by atoms with van der Waals surface area (Å²) in [7, 11) is 0. The predicted octanol–water partition coefficient (Wildman–Crippen LogP) is 1.97. The van der Waals surface area contributed by atoms with Gasteiger partial charge in [-0.15, -0.1) is 11.3 Å². The van der Waals surface area contributed by atoms with E-state index in [9.17, 15) is 9.59 Å². The van der Waals surface area contributed by atoms with Gasteiger partial charge in [0.25, 0.3) is 0 Å². The number of carboxylic acids is 1. The minimum absolute atomic E-state index is 0.0148. The average molecular weight is 299 g/mol. The minimum atomic E-state index is -0.866. The fourth-order valence-electron chi connectivity index (χ4n) is 1.63. The van der Waals surface area contributed by atoms with Gasteiger partial charge in [0.15, 0.2) is 5.13 Å². The summed E-state index contributed by atoms with van der Waals surface area (Å²) in [5, 5.41) is 13.9. The number of aromatic nitrogens is 1. The van der Waals surface area contributed by atoms with Crippen LogP contribution in [0, 0.1) is 6.92 Å². The van der Waals surface area contributed by atoms with Gasteiger partial charge in [-0.3, -0.25) is 14.5 Å². The molecule has 7 heteroatoms. The highest BCUT2D eigenvalue weighted by Crippen LogP contribution is 2.16. The number of nitrogens with one attached hydrogen (secondary N) is 1. The molecule has 1 aromatic rings. The quantitative estimate of drug-likeness (QED) is 0.839. The van der Waals surface area contributed by atoms with Gasteiger partial charge in [0.1, 0.15) is 0 Å². The zero-order chi connectivity index (χ0) is 15.3. The van der Waals surface area contributed by atoms with E-state index in [-0.39, 0.29) is 24.4 Å². The topological polar surface area (TPSA) is 82.5 Å². The number of carbonyl (C=O) groups is 2. The van der Waals surface area contributed by atoms with Gasteiger partial charge in [-0.05, 0) is 27.7 Å². The number of amides is 1. The van der Waals surface area contributed by atoms with Crippen molar-refractivity contribution in [3.63, 3.8) is 0 Å². The van der Waals surface area contributed by atoms with E-state index >= 15 is 0 Å². The molecule has 0 aromatic carbocycles. The fourth-order valence-corrected chi connectivity index (χ4v) is 2.33. The molecule has 112 valence electrons. The van der Waals surface area contributed by atoms with Crippen LogP contribution in [-0.4, -0.2) is 45.5 Å². The maximum absolute atomic E-state index is 12.0. The predicted molar refractivity (Wildman–Crippen MR) is 79.1 cm³/mol. The zero-order valence-corrected chi connectivity index (χ0v) is 13.1. The van der Waals surface area contributed by atoms with Gasteiger partial charge in [0, 0.05) is 17.5 Å². The third-order valence-corrected chi connectivity index (χ3v) is 3.62. The molecule has 0 aliphatic heterocycles. The summed E-state index contributed by atoms with van der Waals surface area (Å²) in [5.74, 6) is -1.05. The van der Waals surface area contributed by atoms with Gasteiger partial charge in [-0.2, -0.15) is 0 Å². The molecule has 0 radical (unpaired) electrons. The van der Waals surface area contributed by atoms with Gasteiger partial charge < -0.3 is 10.4 Å². The smallest absolute Gasteiger partial charge is 0.304 e. The van der Waals surface area contributed by atoms with Crippen molar-refractivity contribution in [2.24, 2.45) is 0 Å². The number of thiazole rings is 1. The molecule has 1 rings (SSSR count). The number of carbonyl (C=O) groups excluding carboxylic acids is 1. The summed E-state index contributed by atoms with van der Waals surface area (Å²) >= 11 is 1.38. The largest absolute Gasteiger partial charge is 0.481 e. The van der Waals surface area contributed by atoms with Crippen molar-refractivity contribution in [3.8, 4) is 0 Å². The third kappa shape index (κ3) is 5.66. The normalized spacial score (nSPS) is 11.7. The van der Waals surface area contributed by atoms with E-state index in [0.29, 0.717) is 11.7 Å². The number of aryl methyl sites for hydroxylation is 1. The molecule has 0 bridgehead atoms. The van der Waals surface area contributed by atoms with E-state index in [1.54, 1.807) is 0 Å². The van der Waals surface area contributed by atoms with Crippen LogP contribution < -0.4 is 5.32 Å². The highest BCUT2D eigenvalue weighted by molar-refractivity contribution is 7.13. The van der Waals surface area contributed by atoms with E-state index in [0.717, 1.165) is 5.69 Å². The van der Waals surface area contributed by atoms with Crippen LogP contribution >= 0.6 is 11.3 Å². The standard InChI is InChI=1S/C13H21N3O3S/c1-9-8-20-12(14-9)15-10(17)7-16(13(2,3)4)6-5-11(18)19/h8H,5-7H2,1-4H3,(H,18,19)(H,14,15,17). The molecule has 0 unspecified atom stereocenters. The average Bonchev–Trinajstić information content (AvgIpc) is 2.68. The molecular formula is C13H21N3O3S. The van der Waals surface area contributed by atoms with E-state index < -0.39 is 5.97 Å². The molecular weight excluding hydrogens is 278 g/mol. The zero-order valence-electron chi connectivity index (χ0n) is 12.3. The molecule has 0 aliphatic rings. The summed E-state index contributed by atoms with van der Waals surface area (Å²) in [6.07, 6.45) is 0.0148. The van der Waals surface area contributed by atoms with Gasteiger partial charge in [-0.1, -0.05) is 0 Å². The molecule has 0 atom stereocenters. The molecule has 0 fully saturated rings. The van der Waals surface area contributed by atoms with Crippen LogP contribution in [0.15, 0.2) is 5.38 Å². The fraction of sp³-hybridized carbons (Fsp3) is 0.615. The maximum atomic E-state index is 12.0. The summed E-state index contributed by atoms with van der Waals surface area (Å²) in [6.45, 7) is 8.21. The van der Waals surface area contributed by atoms with E-state index in [2.05, 4.69) is 10.3 Å². The monoisotopic (exact) mass is 299 g/mol. The Kier molecular flexibility index (Phi) is 5.64. The van der Waals surface area contributed by atoms with Crippen LogP contribution in [0.25, 0.3) is 0 Å². The van der Waals surface area contributed by atoms with E-state index in [4.69, 9.17) is 5.11 Å². The summed E-state index contributed by atoms with van der Waals surface area (Å²) in [5.41, 5.74) is 0.592. The first-order valence-corrected chi connectivity index (χ1v) is 7.25. The molecule has 0 aliphatic carbocycles. The first kappa shape index (κ1) is 16.6. The number of nitrogens with zero attached hydrogens (tertiary/aromatic N) is 2. The third-order valence-electron chi connectivity index (χ3n) is 2.74. The second-order valence-corrected chi connectivity index (χ2v) is 6.44. The highest BCUT2D eigenvalue weighted by Gasteiger charge is 2.24. The Balaban J connectivity index is 2.59. The van der Waals surface area contributed by atoms with Crippen molar-refractivity contribution in [3.05, 3.63) is 11.1 Å². The Morgan fingerprint density at radius 1 is 1.45 bits per heavy atom. The number of rotatable bonds is 6. The number of hydrogen-bond donors (Lipinski definition) is 2. The van der Waals surface area contributed by atoms with Crippen LogP contribution in [0.4, 0.5) is 5.13 Å². The van der Waals surface area contributed by atoms with Crippen molar-refractivity contribution in [1.29, 1.82) is 0 Å². The van der Waals surface area contributed by atoms with Crippen LogP contribution in [0.5, 0.6) is 0 Å². The summed E-state index contributed by atoms with van der Waals surface area (Å²) in [6, 6.07) is 0. The van der Waals surface area contributed by atoms with Gasteiger partial charge >= 0.3 is 5.97 Å². The molecule has 2 N–H and O–H groups in total. The van der Waals surface area contributed by atoms with Crippen molar-refractivity contribution in [2.75, 3.05) is 18.4 Å². The van der Waals surface area contributed by atoms with E-state index in [1.807, 2.05) is 38.0 Å². The summed E-state index contributed by atoms with van der Waals surface area (Å²) < 4.78 is 0. The maximum Gasteiger partial charge on any atom is 0.304 e. The Bertz CT molecular complexity index is 479. The first-order chi connectivity index (χ1) is 9.18. The summed E-state index contributed by atoms with van der Waals surface area (Å²) in [4.78, 5) is 28.7. The van der Waals surface area contributed by atoms with Crippen molar-refractivity contribution >= 4 is 28.3 Å². The number of carboxylic acid groups (broad SMARTS) is 1. The highest BCUT2D eigenvalue weighted by atomic mass is 32.1. The lowest BCUT2D eigenvalue weighted by atomic mass is 10.1. The SMILES string of the molecule is Cc1csc(NC(=O)CN(CCC(=O)O)C(C)(C)C)n1. The Morgan fingerprint density at radius 3 is 2.55 bits per heavy atom. The van der Waals surface area contributed by atoms with Crippen molar-refractivity contribution in [1.82, 2.24) is 9.88 Å². The molecule has 20 heavy (non-hydrogen) atoms. The number of hydrogen-bond acceptors (Lipinski definition) is 5. The van der Waals surface area contributed by atoms with E-state index in [1.165, 1.54) is 11.3 Å². The molecule has 1 heterocycles. The molecule has 0 saturated carbocycles. The first-order valence-electron chi connectivity index (χ1n) is 6.37. The second kappa shape index (κ2) is 6.81. The molecule has 0 saturated heterocycles. The lowest BCUT2D eigenvalue weighted by Crippen LogP contribution is -2.46. The molecule has 0 spiro atoms. The lowest BCUT2D eigenvalue weighted by molar-refractivity contribution is -0.138. The van der Waals surface area contributed by atoms with Crippen LogP contribution in [0.2, 0.25) is 0 Å². The Morgan fingerprint density at radius 2 is 2.10 bits per heavy atom. The van der Waals surface area contributed by atoms with Crippen molar-refractivity contribution in [2.45, 2.75) is 39.7 Å². The van der Waals surface area contributed by atoms with Gasteiger partial charge in [0.2, 0.25) is 5.91 Å². The van der Waals surface area contributed by atoms with Gasteiger partial charge in [-0.25, -0.2) is 4.98 Å². The lowest BCUT2D eigenvalue weighted by Gasteiger charge is -2.34. The Hall–Kier alpha value is -1.47. The van der Waals surface area contributed by atoms with Gasteiger partial charge in [0.05, 0.1) is 18.7 Å². The number of aliphatic carboxylic acids is 1. The number of anilines is 1. The van der Waals surface area contributed by atoms with Crippen LogP contribution in [0.3, 0.4) is 0 Å². The second-order valence-electron chi connectivity index (χ2n) is 5.58. The molecule has 6 nitrogen and oxygen atoms in total. The van der Waals surface area contributed by atoms with Crippen LogP contribution in [0.1, 0.15) is 32.9 Å². The molecule has 1 amide bonds. The minimum Gasteiger partial charge on any atom is -0.481 e.